The van der Waals surface area contributed by atoms with Crippen molar-refractivity contribution in [3.05, 3.63) is 88.0 Å². The average molecular weight is 373 g/mol. The minimum atomic E-state index is -0.190. The van der Waals surface area contributed by atoms with Gasteiger partial charge in [-0.3, -0.25) is 0 Å². The highest BCUT2D eigenvalue weighted by molar-refractivity contribution is 5.77. The smallest absolute Gasteiger partial charge is 0.332 e. The third-order valence-corrected chi connectivity index (χ3v) is 4.97. The quantitative estimate of drug-likeness (QED) is 0.550. The molecule has 2 aromatic heterocycles. The first-order chi connectivity index (χ1) is 13.5. The first kappa shape index (κ1) is 18.0. The van der Waals surface area contributed by atoms with Crippen LogP contribution in [0.4, 0.5) is 0 Å². The van der Waals surface area contributed by atoms with Gasteiger partial charge in [0, 0.05) is 6.20 Å². The molecule has 0 bridgehead atoms. The fourth-order valence-corrected chi connectivity index (χ4v) is 3.44. The van der Waals surface area contributed by atoms with Crippen LogP contribution in [0.2, 0.25) is 0 Å². The van der Waals surface area contributed by atoms with Crippen molar-refractivity contribution in [3.63, 3.8) is 0 Å². The fraction of sp³-hybridized carbons (Fsp3) is 0.217. The van der Waals surface area contributed by atoms with Gasteiger partial charge in [-0.2, -0.15) is 0 Å². The van der Waals surface area contributed by atoms with Crippen molar-refractivity contribution in [1.29, 1.82) is 0 Å². The zero-order chi connectivity index (χ0) is 19.7. The highest BCUT2D eigenvalue weighted by Gasteiger charge is 2.15. The average Bonchev–Trinajstić information content (AvgIpc) is 3.04. The van der Waals surface area contributed by atoms with Gasteiger partial charge in [0.05, 0.1) is 11.2 Å². The summed E-state index contributed by atoms with van der Waals surface area (Å²) in [5.74, 6) is 1.11. The summed E-state index contributed by atoms with van der Waals surface area (Å²) in [5, 5.41) is 0. The van der Waals surface area contributed by atoms with Crippen LogP contribution in [0.5, 0.6) is 5.75 Å². The second-order valence-corrected chi connectivity index (χ2v) is 7.23. The summed E-state index contributed by atoms with van der Waals surface area (Å²) in [6, 6.07) is 17.5. The molecule has 5 nitrogen and oxygen atoms in total. The highest BCUT2D eigenvalue weighted by atomic mass is 16.5. The lowest BCUT2D eigenvalue weighted by atomic mass is 10.00. The molecule has 0 radical (unpaired) electrons. The number of aryl methyl sites for hydroxylation is 1. The Morgan fingerprint density at radius 1 is 1.07 bits per heavy atom. The molecule has 0 saturated heterocycles. The molecule has 28 heavy (non-hydrogen) atoms. The van der Waals surface area contributed by atoms with Gasteiger partial charge < -0.3 is 9.72 Å². The number of nitrogens with zero attached hydrogens (tertiary/aromatic N) is 2. The second kappa shape index (κ2) is 7.35. The van der Waals surface area contributed by atoms with Gasteiger partial charge in [-0.25, -0.2) is 14.3 Å². The van der Waals surface area contributed by atoms with Crippen LogP contribution in [0.1, 0.15) is 36.5 Å². The maximum Gasteiger partial charge on any atom is 0.332 e. The van der Waals surface area contributed by atoms with Crippen molar-refractivity contribution in [3.8, 4) is 11.4 Å². The normalized spacial score (nSPS) is 11.3. The largest absolute Gasteiger partial charge is 0.489 e. The van der Waals surface area contributed by atoms with E-state index in [0.29, 0.717) is 18.2 Å². The van der Waals surface area contributed by atoms with Gasteiger partial charge in [-0.05, 0) is 53.8 Å². The topological polar surface area (TPSA) is 59.9 Å². The number of fused-ring (bicyclic) bond motifs is 1. The van der Waals surface area contributed by atoms with Gasteiger partial charge in [-0.15, -0.1) is 0 Å². The third-order valence-electron chi connectivity index (χ3n) is 4.97. The molecular weight excluding hydrogens is 350 g/mol. The third kappa shape index (κ3) is 3.31. The van der Waals surface area contributed by atoms with Crippen LogP contribution in [0.15, 0.2) is 65.6 Å². The lowest BCUT2D eigenvalue weighted by Gasteiger charge is -2.10. The number of hydrogen-bond acceptors (Lipinski definition) is 3. The Bertz CT molecular complexity index is 1160. The van der Waals surface area contributed by atoms with Crippen LogP contribution >= 0.6 is 0 Å². The summed E-state index contributed by atoms with van der Waals surface area (Å²) in [4.78, 5) is 20.1. The van der Waals surface area contributed by atoms with Gasteiger partial charge >= 0.3 is 5.69 Å². The molecule has 0 aliphatic heterocycles. The predicted molar refractivity (Wildman–Crippen MR) is 111 cm³/mol. The highest BCUT2D eigenvalue weighted by Crippen LogP contribution is 2.25. The first-order valence-corrected chi connectivity index (χ1v) is 9.42. The summed E-state index contributed by atoms with van der Waals surface area (Å²) in [5.41, 5.74) is 5.33. The maximum atomic E-state index is 12.6. The van der Waals surface area contributed by atoms with E-state index in [4.69, 9.17) is 4.74 Å². The van der Waals surface area contributed by atoms with E-state index in [1.54, 1.807) is 4.57 Å². The summed E-state index contributed by atoms with van der Waals surface area (Å²) in [7, 11) is 0. The van der Waals surface area contributed by atoms with Gasteiger partial charge in [0.2, 0.25) is 0 Å². The Morgan fingerprint density at radius 3 is 2.46 bits per heavy atom. The van der Waals surface area contributed by atoms with E-state index < -0.39 is 0 Å². The minimum absolute atomic E-state index is 0.190. The van der Waals surface area contributed by atoms with E-state index in [-0.39, 0.29) is 5.69 Å². The Balaban J connectivity index is 1.64. The van der Waals surface area contributed by atoms with E-state index in [1.807, 2.05) is 67.7 Å². The van der Waals surface area contributed by atoms with E-state index in [0.717, 1.165) is 33.6 Å². The molecule has 4 aromatic rings. The number of aromatic nitrogens is 3. The molecule has 0 atom stereocenters. The van der Waals surface area contributed by atoms with Crippen LogP contribution in [0.25, 0.3) is 16.9 Å². The van der Waals surface area contributed by atoms with Crippen molar-refractivity contribution >= 4 is 11.2 Å². The van der Waals surface area contributed by atoms with Crippen LogP contribution < -0.4 is 10.4 Å². The summed E-state index contributed by atoms with van der Waals surface area (Å²) in [6.07, 6.45) is 1.86. The van der Waals surface area contributed by atoms with Gasteiger partial charge in [0.1, 0.15) is 12.4 Å². The lowest BCUT2D eigenvalue weighted by molar-refractivity contribution is 0.306. The first-order valence-electron chi connectivity index (χ1n) is 9.42. The fourth-order valence-electron chi connectivity index (χ4n) is 3.44. The maximum absolute atomic E-state index is 12.6. The molecule has 2 aromatic carbocycles. The monoisotopic (exact) mass is 373 g/mol. The standard InChI is InChI=1S/C23H23N3O2/c1-15(2)20-13-24-22-21(16(20)3)25-23(27)26(22)18-9-11-19(12-10-18)28-14-17-7-5-4-6-8-17/h4-13,15H,14H2,1-3H3,(H,25,27). The Hall–Kier alpha value is -3.34. The molecule has 1 N–H and O–H groups in total. The molecule has 5 heteroatoms. The Morgan fingerprint density at radius 2 is 1.79 bits per heavy atom. The van der Waals surface area contributed by atoms with Crippen molar-refractivity contribution in [2.45, 2.75) is 33.3 Å². The predicted octanol–water partition coefficient (Wildman–Crippen LogP) is 4.72. The molecule has 142 valence electrons. The van der Waals surface area contributed by atoms with Crippen LogP contribution in [-0.4, -0.2) is 14.5 Å². The summed E-state index contributed by atoms with van der Waals surface area (Å²) < 4.78 is 7.44. The van der Waals surface area contributed by atoms with E-state index in [2.05, 4.69) is 23.8 Å². The number of hydrogen-bond donors (Lipinski definition) is 1. The number of imidazole rings is 1. The summed E-state index contributed by atoms with van der Waals surface area (Å²) in [6.45, 7) is 6.78. The number of aromatic amines is 1. The Labute approximate surface area is 163 Å². The molecule has 2 heterocycles. The zero-order valence-electron chi connectivity index (χ0n) is 16.3. The zero-order valence-corrected chi connectivity index (χ0v) is 16.3. The molecule has 4 rings (SSSR count). The van der Waals surface area contributed by atoms with Crippen molar-refractivity contribution in [1.82, 2.24) is 14.5 Å². The number of ether oxygens (including phenoxy) is 1. The number of H-pyrrole nitrogens is 1. The molecule has 0 saturated carbocycles. The van der Waals surface area contributed by atoms with Crippen molar-refractivity contribution in [2.24, 2.45) is 0 Å². The SMILES string of the molecule is Cc1c(C(C)C)cnc2c1[nH]c(=O)n2-c1ccc(OCc2ccccc2)cc1. The number of benzene rings is 2. The Kier molecular flexibility index (Phi) is 4.74. The number of pyridine rings is 1. The lowest BCUT2D eigenvalue weighted by Crippen LogP contribution is -2.14. The van der Waals surface area contributed by atoms with Crippen LogP contribution in [0.3, 0.4) is 0 Å². The molecule has 0 amide bonds. The second-order valence-electron chi connectivity index (χ2n) is 7.23. The number of nitrogens with one attached hydrogen (secondary N) is 1. The van der Waals surface area contributed by atoms with Gasteiger partial charge in [0.15, 0.2) is 5.65 Å². The van der Waals surface area contributed by atoms with Crippen molar-refractivity contribution in [2.75, 3.05) is 0 Å². The van der Waals surface area contributed by atoms with Crippen LogP contribution in [-0.2, 0) is 6.61 Å². The molecule has 0 aliphatic rings. The molecule has 0 fully saturated rings. The van der Waals surface area contributed by atoms with Crippen LogP contribution in [0, 0.1) is 6.92 Å². The molecular formula is C23H23N3O2. The van der Waals surface area contributed by atoms with Crippen molar-refractivity contribution < 1.29 is 4.74 Å². The molecule has 0 unspecified atom stereocenters. The van der Waals surface area contributed by atoms with Gasteiger partial charge in [-0.1, -0.05) is 44.2 Å². The van der Waals surface area contributed by atoms with E-state index >= 15 is 0 Å². The molecule has 0 aliphatic carbocycles. The van der Waals surface area contributed by atoms with Gasteiger partial charge in [0.25, 0.3) is 0 Å². The number of rotatable bonds is 5. The van der Waals surface area contributed by atoms with E-state index in [1.165, 1.54) is 0 Å². The summed E-state index contributed by atoms with van der Waals surface area (Å²) >= 11 is 0. The van der Waals surface area contributed by atoms with E-state index in [9.17, 15) is 4.79 Å². The molecule has 0 spiro atoms. The minimum Gasteiger partial charge on any atom is -0.489 e.